The van der Waals surface area contributed by atoms with Gasteiger partial charge in [0, 0.05) is 29.2 Å². The molecule has 1 fully saturated rings. The van der Waals surface area contributed by atoms with Crippen molar-refractivity contribution in [3.05, 3.63) is 69.0 Å². The van der Waals surface area contributed by atoms with Gasteiger partial charge in [-0.25, -0.2) is 13.2 Å². The van der Waals surface area contributed by atoms with E-state index in [0.717, 1.165) is 43.4 Å². The largest absolute Gasteiger partial charge is 0.497 e. The molecule has 2 nitrogen and oxygen atoms in total. The van der Waals surface area contributed by atoms with Crippen LogP contribution < -0.4 is 4.74 Å². The van der Waals surface area contributed by atoms with Gasteiger partial charge in [0.25, 0.3) is 0 Å². The first-order valence-electron chi connectivity index (χ1n) is 13.6. The maximum absolute atomic E-state index is 16.2. The van der Waals surface area contributed by atoms with Gasteiger partial charge in [-0.2, -0.15) is 0 Å². The van der Waals surface area contributed by atoms with Gasteiger partial charge < -0.3 is 9.47 Å². The van der Waals surface area contributed by atoms with E-state index in [1.54, 1.807) is 19.3 Å². The summed E-state index contributed by atoms with van der Waals surface area (Å²) in [6, 6.07) is 1.32. The van der Waals surface area contributed by atoms with Gasteiger partial charge in [0.15, 0.2) is 0 Å². The Labute approximate surface area is 215 Å². The molecule has 5 heteroatoms. The van der Waals surface area contributed by atoms with Crippen LogP contribution in [0.2, 0.25) is 0 Å². The van der Waals surface area contributed by atoms with Crippen molar-refractivity contribution in [3.8, 4) is 5.75 Å². The zero-order valence-corrected chi connectivity index (χ0v) is 22.7. The SMILES string of the molecule is CC.CCCC/C(C(OC)=C1CCC1)=C(\C1=CCC(F)C=C1C)c1c(F)cc2c(c1F)CCC(C)O2. The van der Waals surface area contributed by atoms with E-state index >= 15 is 8.78 Å². The van der Waals surface area contributed by atoms with Crippen molar-refractivity contribution < 1.29 is 22.6 Å². The summed E-state index contributed by atoms with van der Waals surface area (Å²) in [4.78, 5) is 0. The first-order chi connectivity index (χ1) is 17.3. The molecule has 1 saturated carbocycles. The second kappa shape index (κ2) is 12.7. The Morgan fingerprint density at radius 2 is 1.89 bits per heavy atom. The van der Waals surface area contributed by atoms with E-state index in [-0.39, 0.29) is 23.8 Å². The van der Waals surface area contributed by atoms with E-state index in [2.05, 4.69) is 6.92 Å². The van der Waals surface area contributed by atoms with Crippen molar-refractivity contribution in [1.82, 2.24) is 0 Å². The van der Waals surface area contributed by atoms with Crippen LogP contribution in [-0.4, -0.2) is 19.4 Å². The smallest absolute Gasteiger partial charge is 0.140 e. The summed E-state index contributed by atoms with van der Waals surface area (Å²) < 4.78 is 57.8. The molecule has 36 heavy (non-hydrogen) atoms. The lowest BCUT2D eigenvalue weighted by Gasteiger charge is -2.29. The summed E-state index contributed by atoms with van der Waals surface area (Å²) in [5.74, 6) is -0.201. The number of alkyl halides is 1. The first kappa shape index (κ1) is 28.1. The predicted octanol–water partition coefficient (Wildman–Crippen LogP) is 9.35. The number of allylic oxidation sites excluding steroid dienone is 7. The van der Waals surface area contributed by atoms with Crippen molar-refractivity contribution in [2.24, 2.45) is 0 Å². The van der Waals surface area contributed by atoms with Crippen LogP contribution in [0.5, 0.6) is 5.75 Å². The van der Waals surface area contributed by atoms with Crippen molar-refractivity contribution >= 4 is 5.57 Å². The van der Waals surface area contributed by atoms with Gasteiger partial charge in [0.1, 0.15) is 29.3 Å². The molecule has 0 saturated heterocycles. The van der Waals surface area contributed by atoms with E-state index in [0.29, 0.717) is 41.5 Å². The number of rotatable bonds is 7. The molecular formula is C31H41F3O2. The summed E-state index contributed by atoms with van der Waals surface area (Å²) in [6.45, 7) is 9.82. The molecule has 0 spiro atoms. The highest BCUT2D eigenvalue weighted by Crippen LogP contribution is 2.45. The third kappa shape index (κ3) is 5.76. The Bertz CT molecular complexity index is 1070. The number of halogens is 3. The summed E-state index contributed by atoms with van der Waals surface area (Å²) in [5, 5.41) is 0. The van der Waals surface area contributed by atoms with Crippen molar-refractivity contribution in [3.63, 3.8) is 0 Å². The van der Waals surface area contributed by atoms with Crippen LogP contribution in [0.1, 0.15) is 97.1 Å². The number of unbranched alkanes of at least 4 members (excludes halogenated alkanes) is 1. The number of hydrogen-bond acceptors (Lipinski definition) is 2. The standard InChI is InChI=1S/C29H35F3O2.C2H6/c1-5-6-10-23(29(33-4)19-8-7-9-19)26(21-14-12-20(30)15-17(21)2)27-24(31)16-25-22(28(27)32)13-11-18(3)34-25;1-2/h14-16,18,20H,5-13H2,1-4H3;1-2H3/b26-23-;. The Morgan fingerprint density at radius 1 is 1.17 bits per heavy atom. The van der Waals surface area contributed by atoms with E-state index < -0.39 is 17.8 Å². The number of benzene rings is 1. The molecule has 1 aliphatic heterocycles. The lowest BCUT2D eigenvalue weighted by atomic mass is 9.80. The van der Waals surface area contributed by atoms with Crippen molar-refractivity contribution in [1.29, 1.82) is 0 Å². The summed E-state index contributed by atoms with van der Waals surface area (Å²) >= 11 is 0. The van der Waals surface area contributed by atoms with Crippen LogP contribution in [0.3, 0.4) is 0 Å². The minimum atomic E-state index is -1.09. The molecule has 2 aliphatic carbocycles. The fourth-order valence-corrected chi connectivity index (χ4v) is 5.16. The van der Waals surface area contributed by atoms with Gasteiger partial charge >= 0.3 is 0 Å². The minimum Gasteiger partial charge on any atom is -0.497 e. The molecule has 1 heterocycles. The third-order valence-electron chi connectivity index (χ3n) is 7.17. The summed E-state index contributed by atoms with van der Waals surface area (Å²) in [7, 11) is 1.63. The number of fused-ring (bicyclic) bond motifs is 1. The van der Waals surface area contributed by atoms with Crippen molar-refractivity contribution in [2.75, 3.05) is 7.11 Å². The second-order valence-electron chi connectivity index (χ2n) is 9.66. The van der Waals surface area contributed by atoms with Gasteiger partial charge in [-0.15, -0.1) is 0 Å². The molecule has 0 aromatic heterocycles. The molecule has 0 radical (unpaired) electrons. The maximum Gasteiger partial charge on any atom is 0.140 e. The van der Waals surface area contributed by atoms with Crippen LogP contribution in [0, 0.1) is 11.6 Å². The zero-order valence-electron chi connectivity index (χ0n) is 22.7. The Morgan fingerprint density at radius 3 is 2.47 bits per heavy atom. The quantitative estimate of drug-likeness (QED) is 0.346. The summed E-state index contributed by atoms with van der Waals surface area (Å²) in [6.07, 6.45) is 8.87. The third-order valence-corrected chi connectivity index (χ3v) is 7.17. The molecular weight excluding hydrogens is 461 g/mol. The molecule has 1 aromatic rings. The number of ether oxygens (including phenoxy) is 2. The normalized spacial score (nSPS) is 21.5. The molecule has 198 valence electrons. The summed E-state index contributed by atoms with van der Waals surface area (Å²) in [5.41, 5.74) is 4.26. The fourth-order valence-electron chi connectivity index (χ4n) is 5.16. The van der Waals surface area contributed by atoms with Crippen LogP contribution in [-0.2, 0) is 11.2 Å². The zero-order chi connectivity index (χ0) is 26.4. The molecule has 1 aromatic carbocycles. The van der Waals surface area contributed by atoms with Crippen LogP contribution in [0.25, 0.3) is 5.57 Å². The van der Waals surface area contributed by atoms with Crippen molar-refractivity contribution in [2.45, 2.75) is 105 Å². The Kier molecular flexibility index (Phi) is 9.92. The van der Waals surface area contributed by atoms with Crippen LogP contribution in [0.15, 0.2) is 46.3 Å². The number of methoxy groups -OCH3 is 1. The maximum atomic E-state index is 16.2. The van der Waals surface area contributed by atoms with Gasteiger partial charge in [-0.3, -0.25) is 0 Å². The highest BCUT2D eigenvalue weighted by Gasteiger charge is 2.32. The number of hydrogen-bond donors (Lipinski definition) is 0. The molecule has 2 unspecified atom stereocenters. The Balaban J connectivity index is 0.00000176. The Hall–Kier alpha value is -2.43. The molecule has 2 atom stereocenters. The average Bonchev–Trinajstić information content (AvgIpc) is 2.82. The van der Waals surface area contributed by atoms with E-state index in [1.807, 2.05) is 27.7 Å². The molecule has 3 aliphatic rings. The lowest BCUT2D eigenvalue weighted by Crippen LogP contribution is -2.21. The van der Waals surface area contributed by atoms with Gasteiger partial charge in [-0.1, -0.05) is 33.3 Å². The fraction of sp³-hybridized carbons (Fsp3) is 0.548. The molecule has 4 rings (SSSR count). The molecule has 0 bridgehead atoms. The van der Waals surface area contributed by atoms with Gasteiger partial charge in [0.05, 0.1) is 18.8 Å². The first-order valence-corrected chi connectivity index (χ1v) is 13.6. The topological polar surface area (TPSA) is 18.5 Å². The average molecular weight is 503 g/mol. The monoisotopic (exact) mass is 502 g/mol. The lowest BCUT2D eigenvalue weighted by molar-refractivity contribution is 0.189. The molecule has 0 N–H and O–H groups in total. The van der Waals surface area contributed by atoms with Gasteiger partial charge in [0.2, 0.25) is 0 Å². The molecule has 0 amide bonds. The minimum absolute atomic E-state index is 0.0474. The highest BCUT2D eigenvalue weighted by molar-refractivity contribution is 5.89. The van der Waals surface area contributed by atoms with Crippen LogP contribution >= 0.6 is 0 Å². The van der Waals surface area contributed by atoms with Gasteiger partial charge in [-0.05, 0) is 81.6 Å². The second-order valence-corrected chi connectivity index (χ2v) is 9.66. The van der Waals surface area contributed by atoms with E-state index in [4.69, 9.17) is 9.47 Å². The van der Waals surface area contributed by atoms with Crippen LogP contribution in [0.4, 0.5) is 13.2 Å². The van der Waals surface area contributed by atoms with E-state index in [9.17, 15) is 4.39 Å². The highest BCUT2D eigenvalue weighted by atomic mass is 19.1. The predicted molar refractivity (Wildman–Crippen MR) is 142 cm³/mol. The van der Waals surface area contributed by atoms with E-state index in [1.165, 1.54) is 11.6 Å².